The summed E-state index contributed by atoms with van der Waals surface area (Å²) in [6.07, 6.45) is -0.638. The first-order valence-electron chi connectivity index (χ1n) is 5.72. The summed E-state index contributed by atoms with van der Waals surface area (Å²) in [4.78, 5) is 10.9. The number of aliphatic hydroxyl groups excluding tert-OH is 1. The number of hydrogen-bond acceptors (Lipinski definition) is 3. The van der Waals surface area contributed by atoms with Crippen molar-refractivity contribution in [1.29, 1.82) is 0 Å². The Kier molecular flexibility index (Phi) is 4.67. The van der Waals surface area contributed by atoms with Gasteiger partial charge < -0.3 is 15.6 Å². The normalized spacial score (nSPS) is 13.1. The van der Waals surface area contributed by atoms with Crippen LogP contribution in [-0.4, -0.2) is 23.4 Å². The molecule has 1 aromatic rings. The van der Waals surface area contributed by atoms with E-state index in [4.69, 9.17) is 15.6 Å². The van der Waals surface area contributed by atoms with E-state index in [2.05, 4.69) is 0 Å². The molecule has 0 unspecified atom stereocenters. The Morgan fingerprint density at radius 3 is 2.61 bits per heavy atom. The van der Waals surface area contributed by atoms with E-state index in [1.807, 2.05) is 0 Å². The third-order valence-electron chi connectivity index (χ3n) is 2.90. The number of amides is 1. The molecule has 0 bridgehead atoms. The highest BCUT2D eigenvalue weighted by Crippen LogP contribution is 2.35. The van der Waals surface area contributed by atoms with Gasteiger partial charge >= 0.3 is 6.09 Å². The van der Waals surface area contributed by atoms with E-state index >= 15 is 0 Å². The van der Waals surface area contributed by atoms with Gasteiger partial charge in [-0.1, -0.05) is 18.2 Å². The molecule has 1 aromatic carbocycles. The van der Waals surface area contributed by atoms with Gasteiger partial charge in [0.25, 0.3) is 0 Å². The van der Waals surface area contributed by atoms with Crippen LogP contribution in [0.3, 0.4) is 0 Å². The van der Waals surface area contributed by atoms with Gasteiger partial charge in [0.1, 0.15) is 11.4 Å². The summed E-state index contributed by atoms with van der Waals surface area (Å²) in [7, 11) is 0. The standard InChI is InChI=1S/C13H18FNO3/c1-13(2,18-12(15)17)10(7-8-16)9-5-3-4-6-11(9)14/h3-6,10,16H,7-8H2,1-2H3,(H2,15,17)/t10-/m0/s1. The number of hydrogen-bond donors (Lipinski definition) is 2. The average molecular weight is 255 g/mol. The molecule has 0 heterocycles. The van der Waals surface area contributed by atoms with Crippen molar-refractivity contribution in [3.05, 3.63) is 35.6 Å². The fourth-order valence-corrected chi connectivity index (χ4v) is 2.09. The van der Waals surface area contributed by atoms with Crippen molar-refractivity contribution in [2.24, 2.45) is 5.73 Å². The van der Waals surface area contributed by atoms with Gasteiger partial charge in [0.2, 0.25) is 0 Å². The highest BCUT2D eigenvalue weighted by Gasteiger charge is 2.35. The molecule has 0 aromatic heterocycles. The molecule has 0 aliphatic heterocycles. The lowest BCUT2D eigenvalue weighted by Gasteiger charge is -2.33. The molecule has 3 N–H and O–H groups in total. The number of carbonyl (C=O) groups is 1. The van der Waals surface area contributed by atoms with Gasteiger partial charge in [-0.15, -0.1) is 0 Å². The Hall–Kier alpha value is -1.62. The van der Waals surface area contributed by atoms with Gasteiger partial charge in [0, 0.05) is 12.5 Å². The van der Waals surface area contributed by atoms with Crippen molar-refractivity contribution in [3.63, 3.8) is 0 Å². The predicted molar refractivity (Wildman–Crippen MR) is 65.6 cm³/mol. The van der Waals surface area contributed by atoms with Crippen molar-refractivity contribution in [2.75, 3.05) is 6.61 Å². The highest BCUT2D eigenvalue weighted by molar-refractivity contribution is 5.65. The molecular weight excluding hydrogens is 237 g/mol. The first-order valence-corrected chi connectivity index (χ1v) is 5.72. The Labute approximate surface area is 106 Å². The van der Waals surface area contributed by atoms with Crippen LogP contribution in [0, 0.1) is 5.82 Å². The number of primary amides is 1. The van der Waals surface area contributed by atoms with Crippen LogP contribution >= 0.6 is 0 Å². The van der Waals surface area contributed by atoms with Crippen LogP contribution in [0.5, 0.6) is 0 Å². The fraction of sp³-hybridized carbons (Fsp3) is 0.462. The van der Waals surface area contributed by atoms with Crippen molar-refractivity contribution in [2.45, 2.75) is 31.8 Å². The van der Waals surface area contributed by atoms with Crippen LogP contribution in [0.4, 0.5) is 9.18 Å². The zero-order valence-corrected chi connectivity index (χ0v) is 10.5. The molecule has 0 spiro atoms. The van der Waals surface area contributed by atoms with Crippen LogP contribution in [-0.2, 0) is 4.74 Å². The minimum Gasteiger partial charge on any atom is -0.443 e. The summed E-state index contributed by atoms with van der Waals surface area (Å²) >= 11 is 0. The maximum absolute atomic E-state index is 13.8. The predicted octanol–water partition coefficient (Wildman–Crippen LogP) is 2.17. The van der Waals surface area contributed by atoms with Crippen LogP contribution in [0.1, 0.15) is 31.7 Å². The molecule has 18 heavy (non-hydrogen) atoms. The monoisotopic (exact) mass is 255 g/mol. The zero-order chi connectivity index (χ0) is 13.8. The number of carbonyl (C=O) groups excluding carboxylic acids is 1. The smallest absolute Gasteiger partial charge is 0.405 e. The zero-order valence-electron chi connectivity index (χ0n) is 10.5. The average Bonchev–Trinajstić information content (AvgIpc) is 2.25. The van der Waals surface area contributed by atoms with E-state index in [1.54, 1.807) is 32.0 Å². The van der Waals surface area contributed by atoms with Crippen LogP contribution in [0.2, 0.25) is 0 Å². The quantitative estimate of drug-likeness (QED) is 0.846. The lowest BCUT2D eigenvalue weighted by molar-refractivity contribution is 0.0162. The highest BCUT2D eigenvalue weighted by atomic mass is 19.1. The second-order valence-electron chi connectivity index (χ2n) is 4.61. The maximum Gasteiger partial charge on any atom is 0.405 e. The number of nitrogens with two attached hydrogens (primary N) is 1. The van der Waals surface area contributed by atoms with Gasteiger partial charge in [0.15, 0.2) is 0 Å². The summed E-state index contributed by atoms with van der Waals surface area (Å²) < 4.78 is 18.8. The molecule has 0 fully saturated rings. The number of halogens is 1. The molecule has 4 nitrogen and oxygen atoms in total. The first-order chi connectivity index (χ1) is 8.38. The summed E-state index contributed by atoms with van der Waals surface area (Å²) in [5.74, 6) is -0.853. The minimum atomic E-state index is -0.989. The molecule has 1 rings (SSSR count). The van der Waals surface area contributed by atoms with Gasteiger partial charge in [0.05, 0.1) is 0 Å². The maximum atomic E-state index is 13.8. The molecule has 0 aliphatic rings. The molecule has 1 atom stereocenters. The second kappa shape index (κ2) is 5.82. The van der Waals surface area contributed by atoms with Crippen LogP contribution in [0.15, 0.2) is 24.3 Å². The summed E-state index contributed by atoms with van der Waals surface area (Å²) in [6.45, 7) is 3.15. The van der Waals surface area contributed by atoms with Gasteiger partial charge in [-0.3, -0.25) is 0 Å². The molecule has 1 amide bonds. The Balaban J connectivity index is 3.09. The van der Waals surface area contributed by atoms with Crippen LogP contribution in [0.25, 0.3) is 0 Å². The van der Waals surface area contributed by atoms with Crippen LogP contribution < -0.4 is 5.73 Å². The minimum absolute atomic E-state index is 0.134. The molecule has 5 heteroatoms. The van der Waals surface area contributed by atoms with E-state index in [-0.39, 0.29) is 13.0 Å². The Morgan fingerprint density at radius 2 is 2.11 bits per heavy atom. The largest absolute Gasteiger partial charge is 0.443 e. The Bertz CT molecular complexity index is 420. The lowest BCUT2D eigenvalue weighted by atomic mass is 9.82. The molecule has 0 saturated carbocycles. The molecule has 0 saturated heterocycles. The fourth-order valence-electron chi connectivity index (χ4n) is 2.09. The number of ether oxygens (including phenoxy) is 1. The van der Waals surface area contributed by atoms with Crippen molar-refractivity contribution >= 4 is 6.09 Å². The SMILES string of the molecule is CC(C)(OC(N)=O)[C@@H](CCO)c1ccccc1F. The summed E-state index contributed by atoms with van der Waals surface area (Å²) in [5, 5.41) is 9.09. The van der Waals surface area contributed by atoms with Gasteiger partial charge in [-0.25, -0.2) is 9.18 Å². The van der Waals surface area contributed by atoms with Crippen molar-refractivity contribution in [1.82, 2.24) is 0 Å². The molecule has 0 radical (unpaired) electrons. The van der Waals surface area contributed by atoms with E-state index in [0.717, 1.165) is 0 Å². The number of aliphatic hydroxyl groups is 1. The molecule has 0 aliphatic carbocycles. The third-order valence-corrected chi connectivity index (χ3v) is 2.90. The summed E-state index contributed by atoms with van der Waals surface area (Å²) in [5.41, 5.74) is 4.42. The Morgan fingerprint density at radius 1 is 1.50 bits per heavy atom. The number of benzene rings is 1. The van der Waals surface area contributed by atoms with E-state index in [0.29, 0.717) is 5.56 Å². The van der Waals surface area contributed by atoms with Gasteiger partial charge in [-0.05, 0) is 31.9 Å². The second-order valence-corrected chi connectivity index (χ2v) is 4.61. The third kappa shape index (κ3) is 3.43. The first kappa shape index (κ1) is 14.4. The molecular formula is C13H18FNO3. The number of rotatable bonds is 5. The topological polar surface area (TPSA) is 72.5 Å². The van der Waals surface area contributed by atoms with E-state index < -0.39 is 23.4 Å². The molecule has 100 valence electrons. The van der Waals surface area contributed by atoms with E-state index in [9.17, 15) is 9.18 Å². The van der Waals surface area contributed by atoms with Gasteiger partial charge in [-0.2, -0.15) is 0 Å². The van der Waals surface area contributed by atoms with E-state index in [1.165, 1.54) is 6.07 Å². The lowest BCUT2D eigenvalue weighted by Crippen LogP contribution is -2.38. The summed E-state index contributed by atoms with van der Waals surface area (Å²) in [6, 6.07) is 6.22. The van der Waals surface area contributed by atoms with Crippen molar-refractivity contribution < 1.29 is 19.0 Å². The van der Waals surface area contributed by atoms with Crippen molar-refractivity contribution in [3.8, 4) is 0 Å².